The average Bonchev–Trinajstić information content (AvgIpc) is 2.84. The zero-order chi connectivity index (χ0) is 11.7. The fourth-order valence-corrected chi connectivity index (χ4v) is 2.53. The monoisotopic (exact) mass is 290 g/mol. The summed E-state index contributed by atoms with van der Waals surface area (Å²) in [6, 6.07) is 0.420. The van der Waals surface area contributed by atoms with E-state index < -0.39 is 0 Å². The highest BCUT2D eigenvalue weighted by molar-refractivity contribution is 6.30. The minimum atomic E-state index is 0. The molecule has 2 N–H and O–H groups in total. The van der Waals surface area contributed by atoms with Crippen LogP contribution in [0, 0.1) is 0 Å². The highest BCUT2D eigenvalue weighted by Crippen LogP contribution is 2.30. The van der Waals surface area contributed by atoms with Gasteiger partial charge in [0.2, 0.25) is 0 Å². The van der Waals surface area contributed by atoms with Crippen LogP contribution in [0.1, 0.15) is 24.0 Å². The van der Waals surface area contributed by atoms with Crippen molar-refractivity contribution < 1.29 is 4.74 Å². The van der Waals surface area contributed by atoms with Crippen molar-refractivity contribution in [2.75, 3.05) is 18.4 Å². The van der Waals surface area contributed by atoms with Crippen molar-refractivity contribution in [1.82, 2.24) is 15.5 Å². The van der Waals surface area contributed by atoms with E-state index in [1.165, 1.54) is 6.42 Å². The quantitative estimate of drug-likeness (QED) is 0.869. The van der Waals surface area contributed by atoms with Crippen LogP contribution in [0.25, 0.3) is 0 Å². The number of ether oxygens (including phenoxy) is 1. The molecule has 2 aliphatic rings. The molecule has 0 unspecified atom stereocenters. The molecule has 3 heterocycles. The number of nitrogens with zero attached hydrogens (tertiary/aromatic N) is 2. The molecule has 5 nitrogen and oxygen atoms in total. The normalized spacial score (nSPS) is 22.2. The zero-order valence-corrected chi connectivity index (χ0v) is 11.5. The molecular weight excluding hydrogens is 275 g/mol. The van der Waals surface area contributed by atoms with Crippen molar-refractivity contribution in [2.24, 2.45) is 0 Å². The molecule has 0 aromatic carbocycles. The van der Waals surface area contributed by atoms with Crippen molar-refractivity contribution in [2.45, 2.75) is 32.1 Å². The third-order valence-corrected chi connectivity index (χ3v) is 3.57. The number of piperidine rings is 1. The van der Waals surface area contributed by atoms with E-state index in [1.807, 2.05) is 0 Å². The van der Waals surface area contributed by atoms with E-state index in [-0.39, 0.29) is 12.4 Å². The summed E-state index contributed by atoms with van der Waals surface area (Å²) in [6.45, 7) is 3.19. The minimum absolute atomic E-state index is 0. The molecule has 0 radical (unpaired) electrons. The molecule has 1 aromatic heterocycles. The summed E-state index contributed by atoms with van der Waals surface area (Å²) in [5, 5.41) is 15.4. The number of hydrogen-bond donors (Lipinski definition) is 2. The first-order chi connectivity index (χ1) is 8.34. The molecule has 0 aliphatic carbocycles. The number of aromatic nitrogens is 2. The van der Waals surface area contributed by atoms with Crippen molar-refractivity contribution in [3.05, 3.63) is 16.3 Å². The van der Waals surface area contributed by atoms with E-state index in [9.17, 15) is 0 Å². The third kappa shape index (κ3) is 2.69. The van der Waals surface area contributed by atoms with Crippen LogP contribution in [0.15, 0.2) is 0 Å². The molecule has 18 heavy (non-hydrogen) atoms. The van der Waals surface area contributed by atoms with E-state index in [1.54, 1.807) is 0 Å². The van der Waals surface area contributed by atoms with Gasteiger partial charge in [-0.1, -0.05) is 11.6 Å². The minimum Gasteiger partial charge on any atom is -0.372 e. The Labute approximate surface area is 117 Å². The van der Waals surface area contributed by atoms with Gasteiger partial charge < -0.3 is 15.4 Å². The number of rotatable bonds is 2. The van der Waals surface area contributed by atoms with E-state index >= 15 is 0 Å². The summed E-state index contributed by atoms with van der Waals surface area (Å²) >= 11 is 5.99. The topological polar surface area (TPSA) is 59.1 Å². The maximum atomic E-state index is 5.99. The SMILES string of the molecule is Cl.Clc1nnc(N[C@@H]2CCCNC2)c2c1COC2. The van der Waals surface area contributed by atoms with E-state index in [0.717, 1.165) is 36.5 Å². The second-order valence-electron chi connectivity index (χ2n) is 4.48. The Morgan fingerprint density at radius 3 is 2.89 bits per heavy atom. The Morgan fingerprint density at radius 1 is 1.28 bits per heavy atom. The Morgan fingerprint density at radius 2 is 2.11 bits per heavy atom. The summed E-state index contributed by atoms with van der Waals surface area (Å²) in [4.78, 5) is 0. The Hall–Kier alpha value is -0.620. The number of nitrogens with one attached hydrogen (secondary N) is 2. The number of hydrogen-bond acceptors (Lipinski definition) is 5. The average molecular weight is 291 g/mol. The van der Waals surface area contributed by atoms with Gasteiger partial charge in [-0.25, -0.2) is 0 Å². The van der Waals surface area contributed by atoms with Crippen LogP contribution in [-0.2, 0) is 18.0 Å². The molecule has 3 rings (SSSR count). The second kappa shape index (κ2) is 6.02. The van der Waals surface area contributed by atoms with Gasteiger partial charge in [0, 0.05) is 23.7 Å². The molecule has 0 amide bonds. The van der Waals surface area contributed by atoms with Crippen molar-refractivity contribution in [1.29, 1.82) is 0 Å². The fraction of sp³-hybridized carbons (Fsp3) is 0.636. The molecule has 1 atom stereocenters. The lowest BCUT2D eigenvalue weighted by molar-refractivity contribution is 0.134. The van der Waals surface area contributed by atoms with Crippen LogP contribution >= 0.6 is 24.0 Å². The van der Waals surface area contributed by atoms with Gasteiger partial charge in [-0.15, -0.1) is 22.6 Å². The van der Waals surface area contributed by atoms with Crippen molar-refractivity contribution >= 4 is 29.8 Å². The lowest BCUT2D eigenvalue weighted by atomic mass is 10.1. The number of anilines is 1. The van der Waals surface area contributed by atoms with Crippen LogP contribution in [0.3, 0.4) is 0 Å². The smallest absolute Gasteiger partial charge is 0.157 e. The van der Waals surface area contributed by atoms with Crippen LogP contribution in [0.4, 0.5) is 5.82 Å². The van der Waals surface area contributed by atoms with Gasteiger partial charge >= 0.3 is 0 Å². The molecule has 1 fully saturated rings. The zero-order valence-electron chi connectivity index (χ0n) is 9.91. The van der Waals surface area contributed by atoms with Crippen LogP contribution in [-0.4, -0.2) is 29.3 Å². The standard InChI is InChI=1S/C11H15ClN4O.ClH/c12-10-8-5-17-6-9(8)11(16-15-10)14-7-2-1-3-13-4-7;/h7,13H,1-6H2,(H,14,16);1H/t7-;/m1./s1. The molecule has 0 saturated carbocycles. The first-order valence-corrected chi connectivity index (χ1v) is 6.31. The largest absolute Gasteiger partial charge is 0.372 e. The maximum absolute atomic E-state index is 5.99. The van der Waals surface area contributed by atoms with Gasteiger partial charge in [-0.2, -0.15) is 0 Å². The Balaban J connectivity index is 0.00000120. The van der Waals surface area contributed by atoms with Crippen LogP contribution < -0.4 is 10.6 Å². The van der Waals surface area contributed by atoms with Crippen molar-refractivity contribution in [3.63, 3.8) is 0 Å². The second-order valence-corrected chi connectivity index (χ2v) is 4.83. The molecule has 0 spiro atoms. The van der Waals surface area contributed by atoms with E-state index in [2.05, 4.69) is 20.8 Å². The summed E-state index contributed by atoms with van der Waals surface area (Å²) in [5.41, 5.74) is 2.04. The predicted molar refractivity (Wildman–Crippen MR) is 72.3 cm³/mol. The molecule has 1 aromatic rings. The molecule has 1 saturated heterocycles. The molecular formula is C11H16Cl2N4O. The maximum Gasteiger partial charge on any atom is 0.157 e. The van der Waals surface area contributed by atoms with Crippen LogP contribution in [0.2, 0.25) is 5.15 Å². The van der Waals surface area contributed by atoms with Gasteiger partial charge in [0.1, 0.15) is 0 Å². The van der Waals surface area contributed by atoms with Gasteiger partial charge in [-0.05, 0) is 19.4 Å². The number of halogens is 2. The number of fused-ring (bicyclic) bond motifs is 1. The molecule has 7 heteroatoms. The fourth-order valence-electron chi connectivity index (χ4n) is 2.32. The van der Waals surface area contributed by atoms with Gasteiger partial charge in [-0.3, -0.25) is 0 Å². The highest BCUT2D eigenvalue weighted by Gasteiger charge is 2.23. The first-order valence-electron chi connectivity index (χ1n) is 5.93. The Bertz CT molecular complexity index is 424. The summed E-state index contributed by atoms with van der Waals surface area (Å²) in [5.74, 6) is 0.829. The van der Waals surface area contributed by atoms with Crippen LogP contribution in [0.5, 0.6) is 0 Å². The summed E-state index contributed by atoms with van der Waals surface area (Å²) in [7, 11) is 0. The van der Waals surface area contributed by atoms with Gasteiger partial charge in [0.25, 0.3) is 0 Å². The summed E-state index contributed by atoms with van der Waals surface area (Å²) < 4.78 is 5.41. The van der Waals surface area contributed by atoms with E-state index in [4.69, 9.17) is 16.3 Å². The molecule has 0 bridgehead atoms. The van der Waals surface area contributed by atoms with Crippen molar-refractivity contribution in [3.8, 4) is 0 Å². The molecule has 2 aliphatic heterocycles. The molecule has 100 valence electrons. The third-order valence-electron chi connectivity index (χ3n) is 3.27. The first kappa shape index (κ1) is 13.8. The lowest BCUT2D eigenvalue weighted by Gasteiger charge is -2.24. The predicted octanol–water partition coefficient (Wildman–Crippen LogP) is 1.75. The Kier molecular flexibility index (Phi) is 4.61. The lowest BCUT2D eigenvalue weighted by Crippen LogP contribution is -2.38. The van der Waals surface area contributed by atoms with Gasteiger partial charge in [0.15, 0.2) is 11.0 Å². The van der Waals surface area contributed by atoms with E-state index in [0.29, 0.717) is 24.4 Å². The van der Waals surface area contributed by atoms with Gasteiger partial charge in [0.05, 0.1) is 13.2 Å². The highest BCUT2D eigenvalue weighted by atomic mass is 35.5. The summed E-state index contributed by atoms with van der Waals surface area (Å²) in [6.07, 6.45) is 2.35.